The van der Waals surface area contributed by atoms with Crippen molar-refractivity contribution in [3.8, 4) is 0 Å². The molecule has 7 heteroatoms. The number of hydrogen-bond donors (Lipinski definition) is 1. The number of nitrogens with zero attached hydrogens (tertiary/aromatic N) is 1. The molecule has 0 saturated carbocycles. The van der Waals surface area contributed by atoms with E-state index in [4.69, 9.17) is 4.74 Å². The second-order valence-corrected chi connectivity index (χ2v) is 7.80. The van der Waals surface area contributed by atoms with Gasteiger partial charge in [-0.15, -0.1) is 11.8 Å². The first-order valence-electron chi connectivity index (χ1n) is 9.18. The summed E-state index contributed by atoms with van der Waals surface area (Å²) in [6.45, 7) is -0.354. The highest BCUT2D eigenvalue weighted by atomic mass is 32.2. The molecule has 2 aromatic carbocycles. The highest BCUT2D eigenvalue weighted by Gasteiger charge is 2.34. The summed E-state index contributed by atoms with van der Waals surface area (Å²) in [5.74, 6) is -0.284. The minimum atomic E-state index is -0.658. The highest BCUT2D eigenvalue weighted by molar-refractivity contribution is 7.99. The molecule has 0 spiro atoms. The van der Waals surface area contributed by atoms with Crippen LogP contribution in [-0.2, 0) is 19.1 Å². The fourth-order valence-electron chi connectivity index (χ4n) is 3.51. The number of carbonyl (C=O) groups is 3. The zero-order valence-electron chi connectivity index (χ0n) is 15.2. The van der Waals surface area contributed by atoms with Gasteiger partial charge in [0.1, 0.15) is 6.04 Å². The standard InChI is InChI=1S/C21H20N2O4S/c24-19-11-10-15(22-19)21(26)27-12-20(25)23-16-8-4-5-9-18(16)28-13-17(23)14-6-2-1-3-7-14/h1-9,15,17H,10-13H2,(H,22,24)/t15-,17+/m1/s1. The third-order valence-electron chi connectivity index (χ3n) is 4.90. The number of fused-ring (bicyclic) bond motifs is 1. The minimum absolute atomic E-state index is 0.140. The largest absolute Gasteiger partial charge is 0.454 e. The summed E-state index contributed by atoms with van der Waals surface area (Å²) in [7, 11) is 0. The van der Waals surface area contributed by atoms with Crippen molar-refractivity contribution >= 4 is 35.2 Å². The van der Waals surface area contributed by atoms with E-state index in [0.717, 1.165) is 21.9 Å². The smallest absolute Gasteiger partial charge is 0.329 e. The van der Waals surface area contributed by atoms with Crippen LogP contribution in [0.25, 0.3) is 0 Å². The van der Waals surface area contributed by atoms with Crippen LogP contribution in [0.4, 0.5) is 5.69 Å². The number of nitrogens with one attached hydrogen (secondary N) is 1. The first kappa shape index (κ1) is 18.6. The van der Waals surface area contributed by atoms with E-state index in [1.807, 2.05) is 54.6 Å². The second kappa shape index (κ2) is 8.06. The Hall–Kier alpha value is -2.80. The first-order valence-corrected chi connectivity index (χ1v) is 10.2. The van der Waals surface area contributed by atoms with Crippen LogP contribution < -0.4 is 10.2 Å². The summed E-state index contributed by atoms with van der Waals surface area (Å²) < 4.78 is 5.24. The molecule has 2 aliphatic heterocycles. The molecule has 144 valence electrons. The fourth-order valence-corrected chi connectivity index (χ4v) is 4.68. The molecule has 6 nitrogen and oxygen atoms in total. The number of benzene rings is 2. The van der Waals surface area contributed by atoms with Gasteiger partial charge >= 0.3 is 5.97 Å². The second-order valence-electron chi connectivity index (χ2n) is 6.74. The molecule has 4 rings (SSSR count). The van der Waals surface area contributed by atoms with Crippen LogP contribution in [0, 0.1) is 0 Å². The Morgan fingerprint density at radius 2 is 1.86 bits per heavy atom. The number of thioether (sulfide) groups is 1. The van der Waals surface area contributed by atoms with E-state index in [9.17, 15) is 14.4 Å². The third-order valence-corrected chi connectivity index (χ3v) is 6.04. The molecule has 0 bridgehead atoms. The van der Waals surface area contributed by atoms with Crippen LogP contribution in [0.2, 0.25) is 0 Å². The number of amides is 2. The quantitative estimate of drug-likeness (QED) is 0.805. The van der Waals surface area contributed by atoms with E-state index in [1.165, 1.54) is 0 Å². The van der Waals surface area contributed by atoms with Crippen molar-refractivity contribution < 1.29 is 19.1 Å². The molecule has 2 heterocycles. The van der Waals surface area contributed by atoms with Crippen molar-refractivity contribution in [2.45, 2.75) is 29.8 Å². The van der Waals surface area contributed by atoms with Gasteiger partial charge in [0, 0.05) is 17.1 Å². The van der Waals surface area contributed by atoms with Gasteiger partial charge in [-0.1, -0.05) is 42.5 Å². The van der Waals surface area contributed by atoms with Crippen molar-refractivity contribution in [2.75, 3.05) is 17.3 Å². The Morgan fingerprint density at radius 3 is 2.61 bits per heavy atom. The fraction of sp³-hybridized carbons (Fsp3) is 0.286. The predicted octanol–water partition coefficient (Wildman–Crippen LogP) is 2.69. The van der Waals surface area contributed by atoms with E-state index in [2.05, 4.69) is 5.32 Å². The Kier molecular flexibility index (Phi) is 5.34. The molecule has 0 radical (unpaired) electrons. The average molecular weight is 396 g/mol. The zero-order valence-corrected chi connectivity index (χ0v) is 16.0. The molecule has 2 amide bonds. The number of carbonyl (C=O) groups excluding carboxylic acids is 3. The van der Waals surface area contributed by atoms with Gasteiger partial charge in [0.25, 0.3) is 5.91 Å². The molecular weight excluding hydrogens is 376 g/mol. The van der Waals surface area contributed by atoms with Crippen LogP contribution in [0.1, 0.15) is 24.4 Å². The van der Waals surface area contributed by atoms with Gasteiger partial charge in [-0.2, -0.15) is 0 Å². The molecule has 2 atom stereocenters. The number of esters is 1. The Morgan fingerprint density at radius 1 is 1.11 bits per heavy atom. The predicted molar refractivity (Wildman–Crippen MR) is 106 cm³/mol. The summed E-state index contributed by atoms with van der Waals surface area (Å²) >= 11 is 1.71. The van der Waals surface area contributed by atoms with E-state index in [-0.39, 0.29) is 24.5 Å². The van der Waals surface area contributed by atoms with Gasteiger partial charge in [0.05, 0.1) is 11.7 Å². The topological polar surface area (TPSA) is 75.7 Å². The van der Waals surface area contributed by atoms with Crippen molar-refractivity contribution in [3.63, 3.8) is 0 Å². The lowest BCUT2D eigenvalue weighted by Gasteiger charge is -2.37. The van der Waals surface area contributed by atoms with Crippen LogP contribution in [0.3, 0.4) is 0 Å². The average Bonchev–Trinajstić information content (AvgIpc) is 3.18. The summed E-state index contributed by atoms with van der Waals surface area (Å²) in [6.07, 6.45) is 0.711. The molecule has 0 aliphatic carbocycles. The van der Waals surface area contributed by atoms with E-state index in [0.29, 0.717) is 12.8 Å². The van der Waals surface area contributed by atoms with Gasteiger partial charge in [-0.05, 0) is 24.1 Å². The van der Waals surface area contributed by atoms with Crippen LogP contribution in [0.15, 0.2) is 59.5 Å². The van der Waals surface area contributed by atoms with Crippen LogP contribution in [-0.4, -0.2) is 36.2 Å². The lowest BCUT2D eigenvalue weighted by Crippen LogP contribution is -2.42. The van der Waals surface area contributed by atoms with Crippen LogP contribution in [0.5, 0.6) is 0 Å². The third kappa shape index (κ3) is 3.75. The SMILES string of the molecule is O=C1CC[C@H](C(=O)OCC(=O)N2c3ccccc3SC[C@H]2c2ccccc2)N1. The molecular formula is C21H20N2O4S. The Labute approximate surface area is 167 Å². The maximum atomic E-state index is 13.1. The van der Waals surface area contributed by atoms with Gasteiger partial charge < -0.3 is 10.1 Å². The lowest BCUT2D eigenvalue weighted by molar-refractivity contribution is -0.150. The first-order chi connectivity index (χ1) is 13.6. The summed E-state index contributed by atoms with van der Waals surface area (Å²) in [5, 5.41) is 2.57. The molecule has 2 aliphatic rings. The Bertz CT molecular complexity index is 902. The molecule has 0 unspecified atom stereocenters. The number of para-hydroxylation sites is 1. The van der Waals surface area contributed by atoms with Crippen molar-refractivity contribution in [1.82, 2.24) is 5.32 Å². The molecule has 28 heavy (non-hydrogen) atoms. The molecule has 1 fully saturated rings. The van der Waals surface area contributed by atoms with Gasteiger partial charge in [-0.25, -0.2) is 4.79 Å². The molecule has 2 aromatic rings. The number of rotatable bonds is 4. The maximum Gasteiger partial charge on any atom is 0.329 e. The summed E-state index contributed by atoms with van der Waals surface area (Å²) in [6, 6.07) is 16.8. The van der Waals surface area contributed by atoms with Gasteiger partial charge in [0.15, 0.2) is 6.61 Å². The van der Waals surface area contributed by atoms with E-state index >= 15 is 0 Å². The van der Waals surface area contributed by atoms with Crippen molar-refractivity contribution in [3.05, 3.63) is 60.2 Å². The number of hydrogen-bond acceptors (Lipinski definition) is 5. The van der Waals surface area contributed by atoms with Gasteiger partial charge in [-0.3, -0.25) is 14.5 Å². The van der Waals surface area contributed by atoms with Crippen molar-refractivity contribution in [1.29, 1.82) is 0 Å². The maximum absolute atomic E-state index is 13.1. The van der Waals surface area contributed by atoms with E-state index < -0.39 is 12.0 Å². The van der Waals surface area contributed by atoms with Gasteiger partial charge in [0.2, 0.25) is 5.91 Å². The normalized spacial score (nSPS) is 21.0. The summed E-state index contributed by atoms with van der Waals surface area (Å²) in [5.41, 5.74) is 1.86. The summed E-state index contributed by atoms with van der Waals surface area (Å²) in [4.78, 5) is 39.3. The number of anilines is 1. The van der Waals surface area contributed by atoms with Crippen LogP contribution >= 0.6 is 11.8 Å². The Balaban J connectivity index is 1.54. The highest BCUT2D eigenvalue weighted by Crippen LogP contribution is 2.43. The number of ether oxygens (including phenoxy) is 1. The minimum Gasteiger partial charge on any atom is -0.454 e. The monoisotopic (exact) mass is 396 g/mol. The molecule has 0 aromatic heterocycles. The lowest BCUT2D eigenvalue weighted by atomic mass is 10.1. The zero-order chi connectivity index (χ0) is 19.5. The molecule has 1 saturated heterocycles. The molecule has 1 N–H and O–H groups in total. The van der Waals surface area contributed by atoms with Crippen molar-refractivity contribution in [2.24, 2.45) is 0 Å². The van der Waals surface area contributed by atoms with E-state index in [1.54, 1.807) is 16.7 Å².